The Labute approximate surface area is 98.0 Å². The molecule has 0 unspecified atom stereocenters. The van der Waals surface area contributed by atoms with Crippen LogP contribution in [0.15, 0.2) is 18.3 Å². The number of aromatic nitrogens is 1. The molecule has 0 bridgehead atoms. The Balaban J connectivity index is 2.21. The van der Waals surface area contributed by atoms with Gasteiger partial charge in [0.15, 0.2) is 0 Å². The summed E-state index contributed by atoms with van der Waals surface area (Å²) < 4.78 is 37.1. The highest BCUT2D eigenvalue weighted by atomic mass is 19.4. The smallest absolute Gasteiger partial charge is 0.330 e. The Hall–Kier alpha value is -1.10. The number of hydrogen-bond acceptors (Lipinski definition) is 2. The van der Waals surface area contributed by atoms with Gasteiger partial charge in [-0.3, -0.25) is 4.98 Å². The first-order valence-corrected chi connectivity index (χ1v) is 5.51. The number of pyridine rings is 1. The molecule has 0 radical (unpaired) electrons. The maximum atomic E-state index is 12.4. The molecule has 0 amide bonds. The zero-order chi connectivity index (χ0) is 12.8. The summed E-state index contributed by atoms with van der Waals surface area (Å²) in [6.07, 6.45) is -3.42. The van der Waals surface area contributed by atoms with Gasteiger partial charge < -0.3 is 5.73 Å². The third-order valence-corrected chi connectivity index (χ3v) is 3.74. The summed E-state index contributed by atoms with van der Waals surface area (Å²) >= 11 is 0. The first kappa shape index (κ1) is 12.4. The topological polar surface area (TPSA) is 38.9 Å². The van der Waals surface area contributed by atoms with E-state index in [0.717, 1.165) is 12.3 Å². The number of nitrogens with zero attached hydrogens (tertiary/aromatic N) is 1. The molecule has 0 aromatic carbocycles. The summed E-state index contributed by atoms with van der Waals surface area (Å²) in [6.45, 7) is 4.67. The van der Waals surface area contributed by atoms with Gasteiger partial charge in [-0.25, -0.2) is 0 Å². The van der Waals surface area contributed by atoms with E-state index in [9.17, 15) is 13.2 Å². The third kappa shape index (κ3) is 2.04. The van der Waals surface area contributed by atoms with Crippen LogP contribution in [0, 0.1) is 11.3 Å². The van der Waals surface area contributed by atoms with Crippen LogP contribution in [0.2, 0.25) is 0 Å². The van der Waals surface area contributed by atoms with E-state index >= 15 is 0 Å². The standard InChI is InChI=1S/C12H15F3N2/c1-11(2)8(5-16)10(11)9-4-3-7(6-17-9)12(13,14)15/h3-4,6,8,10H,5,16H2,1-2H3/t8-,10+/m0/s1. The zero-order valence-electron chi connectivity index (χ0n) is 9.75. The van der Waals surface area contributed by atoms with E-state index in [1.54, 1.807) is 0 Å². The molecule has 2 rings (SSSR count). The molecule has 1 fully saturated rings. The highest BCUT2D eigenvalue weighted by Gasteiger charge is 2.58. The SMILES string of the molecule is CC1(C)[C@@H](CN)[C@@H]1c1ccc(C(F)(F)F)cn1. The van der Waals surface area contributed by atoms with Crippen LogP contribution in [0.5, 0.6) is 0 Å². The van der Waals surface area contributed by atoms with Crippen molar-refractivity contribution in [3.63, 3.8) is 0 Å². The summed E-state index contributed by atoms with van der Waals surface area (Å²) in [5, 5.41) is 0. The second-order valence-corrected chi connectivity index (χ2v) is 5.11. The van der Waals surface area contributed by atoms with Gasteiger partial charge in [-0.1, -0.05) is 13.8 Å². The molecule has 0 aliphatic heterocycles. The molecule has 1 aromatic rings. The minimum absolute atomic E-state index is 0.0432. The zero-order valence-corrected chi connectivity index (χ0v) is 9.75. The van der Waals surface area contributed by atoms with Crippen LogP contribution in [-0.4, -0.2) is 11.5 Å². The fraction of sp³-hybridized carbons (Fsp3) is 0.583. The predicted octanol–water partition coefficient (Wildman–Crippen LogP) is 2.80. The molecule has 0 spiro atoms. The second kappa shape index (κ2) is 3.70. The fourth-order valence-corrected chi connectivity index (χ4v) is 2.53. The lowest BCUT2D eigenvalue weighted by molar-refractivity contribution is -0.137. The van der Waals surface area contributed by atoms with Gasteiger partial charge in [0.1, 0.15) is 0 Å². The first-order chi connectivity index (χ1) is 7.78. The Morgan fingerprint density at radius 2 is 2.00 bits per heavy atom. The van der Waals surface area contributed by atoms with E-state index < -0.39 is 11.7 Å². The van der Waals surface area contributed by atoms with E-state index in [0.29, 0.717) is 18.2 Å². The van der Waals surface area contributed by atoms with Gasteiger partial charge in [0.2, 0.25) is 0 Å². The molecule has 1 aromatic heterocycles. The van der Waals surface area contributed by atoms with Crippen molar-refractivity contribution in [2.45, 2.75) is 25.9 Å². The fourth-order valence-electron chi connectivity index (χ4n) is 2.53. The van der Waals surface area contributed by atoms with Crippen molar-refractivity contribution in [3.8, 4) is 0 Å². The summed E-state index contributed by atoms with van der Waals surface area (Å²) in [5.74, 6) is 0.488. The molecule has 17 heavy (non-hydrogen) atoms. The third-order valence-electron chi connectivity index (χ3n) is 3.74. The number of rotatable bonds is 2. The minimum atomic E-state index is -4.32. The van der Waals surface area contributed by atoms with Crippen molar-refractivity contribution in [3.05, 3.63) is 29.6 Å². The maximum Gasteiger partial charge on any atom is 0.417 e. The normalized spacial score (nSPS) is 26.9. The molecule has 1 aliphatic carbocycles. The van der Waals surface area contributed by atoms with Crippen LogP contribution in [0.1, 0.15) is 31.0 Å². The average molecular weight is 244 g/mol. The van der Waals surface area contributed by atoms with E-state index in [2.05, 4.69) is 18.8 Å². The van der Waals surface area contributed by atoms with Gasteiger partial charge in [-0.2, -0.15) is 13.2 Å². The molecule has 0 saturated heterocycles. The van der Waals surface area contributed by atoms with Crippen LogP contribution >= 0.6 is 0 Å². The van der Waals surface area contributed by atoms with Crippen LogP contribution in [0.4, 0.5) is 13.2 Å². The summed E-state index contributed by atoms with van der Waals surface area (Å²) in [7, 11) is 0. The molecule has 1 saturated carbocycles. The van der Waals surface area contributed by atoms with Crippen LogP contribution < -0.4 is 5.73 Å². The molecule has 1 aliphatic rings. The Morgan fingerprint density at radius 1 is 1.35 bits per heavy atom. The Kier molecular flexibility index (Phi) is 2.69. The summed E-state index contributed by atoms with van der Waals surface area (Å²) in [4.78, 5) is 3.93. The molecular formula is C12H15F3N2. The second-order valence-electron chi connectivity index (χ2n) is 5.11. The summed E-state index contributed by atoms with van der Waals surface area (Å²) in [5.41, 5.74) is 5.67. The highest BCUT2D eigenvalue weighted by Crippen LogP contribution is 2.63. The number of alkyl halides is 3. The lowest BCUT2D eigenvalue weighted by atomic mass is 10.1. The van der Waals surface area contributed by atoms with E-state index in [1.807, 2.05) is 0 Å². The van der Waals surface area contributed by atoms with Crippen molar-refractivity contribution in [2.75, 3.05) is 6.54 Å². The van der Waals surface area contributed by atoms with E-state index in [1.165, 1.54) is 6.07 Å². The van der Waals surface area contributed by atoms with Crippen LogP contribution in [-0.2, 0) is 6.18 Å². The van der Waals surface area contributed by atoms with Crippen molar-refractivity contribution < 1.29 is 13.2 Å². The predicted molar refractivity (Wildman–Crippen MR) is 58.3 cm³/mol. The van der Waals surface area contributed by atoms with Crippen molar-refractivity contribution in [2.24, 2.45) is 17.1 Å². The number of halogens is 3. The quantitative estimate of drug-likeness (QED) is 0.868. The van der Waals surface area contributed by atoms with Crippen LogP contribution in [0.3, 0.4) is 0 Å². The Bertz CT molecular complexity index is 409. The van der Waals surface area contributed by atoms with E-state index in [4.69, 9.17) is 5.73 Å². The number of hydrogen-bond donors (Lipinski definition) is 1. The maximum absolute atomic E-state index is 12.4. The molecule has 2 nitrogen and oxygen atoms in total. The van der Waals surface area contributed by atoms with Crippen LogP contribution in [0.25, 0.3) is 0 Å². The van der Waals surface area contributed by atoms with Gasteiger partial charge in [-0.05, 0) is 30.0 Å². The molecule has 2 N–H and O–H groups in total. The molecule has 1 heterocycles. The van der Waals surface area contributed by atoms with Gasteiger partial charge in [0.25, 0.3) is 0 Å². The van der Waals surface area contributed by atoms with Gasteiger partial charge >= 0.3 is 6.18 Å². The lowest BCUT2D eigenvalue weighted by Gasteiger charge is -2.07. The summed E-state index contributed by atoms with van der Waals surface area (Å²) in [6, 6.07) is 2.55. The molecule has 94 valence electrons. The lowest BCUT2D eigenvalue weighted by Crippen LogP contribution is -2.06. The van der Waals surface area contributed by atoms with Gasteiger partial charge in [0.05, 0.1) is 5.56 Å². The minimum Gasteiger partial charge on any atom is -0.330 e. The Morgan fingerprint density at radius 3 is 2.35 bits per heavy atom. The van der Waals surface area contributed by atoms with Crippen molar-refractivity contribution in [1.82, 2.24) is 4.98 Å². The van der Waals surface area contributed by atoms with Gasteiger partial charge in [0, 0.05) is 17.8 Å². The molecular weight excluding hydrogens is 229 g/mol. The van der Waals surface area contributed by atoms with Crippen molar-refractivity contribution in [1.29, 1.82) is 0 Å². The monoisotopic (exact) mass is 244 g/mol. The highest BCUT2D eigenvalue weighted by molar-refractivity contribution is 5.28. The molecule has 5 heteroatoms. The van der Waals surface area contributed by atoms with E-state index in [-0.39, 0.29) is 11.3 Å². The van der Waals surface area contributed by atoms with Gasteiger partial charge in [-0.15, -0.1) is 0 Å². The number of nitrogens with two attached hydrogens (primary N) is 1. The van der Waals surface area contributed by atoms with Crippen molar-refractivity contribution >= 4 is 0 Å². The first-order valence-electron chi connectivity index (χ1n) is 5.51. The largest absolute Gasteiger partial charge is 0.417 e. The average Bonchev–Trinajstić information content (AvgIpc) is 2.79. The molecule has 2 atom stereocenters.